The van der Waals surface area contributed by atoms with E-state index in [4.69, 9.17) is 4.74 Å². The van der Waals surface area contributed by atoms with Crippen molar-refractivity contribution < 1.29 is 14.6 Å². The zero-order chi connectivity index (χ0) is 12.9. The van der Waals surface area contributed by atoms with Crippen molar-refractivity contribution in [3.8, 4) is 0 Å². The second kappa shape index (κ2) is 6.36. The Bertz CT molecular complexity index is 245. The lowest BCUT2D eigenvalue weighted by atomic mass is 9.77. The van der Waals surface area contributed by atoms with Gasteiger partial charge in [-0.15, -0.1) is 0 Å². The molecule has 0 unspecified atom stereocenters. The zero-order valence-electron chi connectivity index (χ0n) is 11.2. The van der Waals surface area contributed by atoms with Gasteiger partial charge in [-0.1, -0.05) is 6.92 Å². The first-order valence-corrected chi connectivity index (χ1v) is 6.51. The molecule has 1 aliphatic rings. The van der Waals surface area contributed by atoms with Crippen LogP contribution in [-0.2, 0) is 9.53 Å². The highest BCUT2D eigenvalue weighted by atomic mass is 16.5. The third-order valence-corrected chi connectivity index (χ3v) is 3.49. The van der Waals surface area contributed by atoms with Gasteiger partial charge in [-0.3, -0.25) is 4.79 Å². The van der Waals surface area contributed by atoms with Crippen LogP contribution in [0.2, 0.25) is 0 Å². The molecule has 0 aromatic carbocycles. The average molecular weight is 243 g/mol. The van der Waals surface area contributed by atoms with Crippen LogP contribution in [0.25, 0.3) is 0 Å². The third kappa shape index (κ3) is 4.64. The summed E-state index contributed by atoms with van der Waals surface area (Å²) in [6, 6.07) is 0. The molecule has 1 fully saturated rings. The van der Waals surface area contributed by atoms with E-state index in [0.29, 0.717) is 5.92 Å². The molecule has 0 atom stereocenters. The number of aliphatic hydroxyl groups is 1. The molecule has 4 heteroatoms. The second-order valence-corrected chi connectivity index (χ2v) is 5.53. The van der Waals surface area contributed by atoms with Gasteiger partial charge in [0.25, 0.3) is 0 Å². The number of nitrogens with one attached hydrogen (secondary N) is 1. The fourth-order valence-electron chi connectivity index (χ4n) is 2.21. The minimum absolute atomic E-state index is 0.0210. The lowest BCUT2D eigenvalue weighted by Crippen LogP contribution is -2.54. The van der Waals surface area contributed by atoms with Crippen molar-refractivity contribution >= 4 is 5.91 Å². The Labute approximate surface area is 104 Å². The van der Waals surface area contributed by atoms with Gasteiger partial charge in [-0.25, -0.2) is 0 Å². The summed E-state index contributed by atoms with van der Waals surface area (Å²) in [4.78, 5) is 11.7. The molecule has 17 heavy (non-hydrogen) atoms. The Morgan fingerprint density at radius 3 is 2.53 bits per heavy atom. The minimum atomic E-state index is -0.413. The Morgan fingerprint density at radius 2 is 2.06 bits per heavy atom. The molecule has 0 aromatic rings. The van der Waals surface area contributed by atoms with Crippen LogP contribution in [0, 0.1) is 5.92 Å². The van der Waals surface area contributed by atoms with E-state index in [2.05, 4.69) is 12.2 Å². The first kappa shape index (κ1) is 14.5. The molecule has 1 rings (SSSR count). The van der Waals surface area contributed by atoms with Crippen LogP contribution in [0.1, 0.15) is 46.5 Å². The summed E-state index contributed by atoms with van der Waals surface area (Å²) in [6.07, 6.45) is 3.89. The lowest BCUT2D eigenvalue weighted by molar-refractivity contribution is -0.130. The van der Waals surface area contributed by atoms with Crippen LogP contribution < -0.4 is 5.32 Å². The summed E-state index contributed by atoms with van der Waals surface area (Å²) in [5.41, 5.74) is -0.413. The molecule has 1 amide bonds. The highest BCUT2D eigenvalue weighted by molar-refractivity contribution is 5.78. The second-order valence-electron chi connectivity index (χ2n) is 5.53. The quantitative estimate of drug-likeness (QED) is 0.768. The molecule has 2 N–H and O–H groups in total. The molecular weight excluding hydrogens is 218 g/mol. The summed E-state index contributed by atoms with van der Waals surface area (Å²) >= 11 is 0. The van der Waals surface area contributed by atoms with Crippen molar-refractivity contribution in [1.82, 2.24) is 5.32 Å². The summed E-state index contributed by atoms with van der Waals surface area (Å²) in [6.45, 7) is 6.11. The largest absolute Gasteiger partial charge is 0.394 e. The number of aliphatic hydroxyl groups excluding tert-OH is 1. The molecule has 1 aliphatic carbocycles. The summed E-state index contributed by atoms with van der Waals surface area (Å²) < 4.78 is 5.26. The fraction of sp³-hybridized carbons (Fsp3) is 0.923. The van der Waals surface area contributed by atoms with E-state index < -0.39 is 5.54 Å². The number of hydrogen-bond acceptors (Lipinski definition) is 3. The number of ether oxygens (including phenoxy) is 1. The van der Waals surface area contributed by atoms with Crippen LogP contribution in [0.15, 0.2) is 0 Å². The Balaban J connectivity index is 2.43. The highest BCUT2D eigenvalue weighted by Gasteiger charge is 2.34. The van der Waals surface area contributed by atoms with Crippen LogP contribution >= 0.6 is 0 Å². The molecule has 1 saturated carbocycles. The van der Waals surface area contributed by atoms with Crippen LogP contribution in [-0.4, -0.2) is 35.9 Å². The molecular formula is C13H25NO3. The predicted molar refractivity (Wildman–Crippen MR) is 66.7 cm³/mol. The number of hydrogen-bond donors (Lipinski definition) is 2. The highest BCUT2D eigenvalue weighted by Crippen LogP contribution is 2.31. The molecule has 0 saturated heterocycles. The molecule has 0 heterocycles. The maximum Gasteiger partial charge on any atom is 0.246 e. The molecule has 0 bridgehead atoms. The number of rotatable bonds is 5. The van der Waals surface area contributed by atoms with Gasteiger partial charge < -0.3 is 15.2 Å². The number of amides is 1. The molecule has 0 radical (unpaired) electrons. The zero-order valence-corrected chi connectivity index (χ0v) is 11.2. The molecule has 0 aromatic heterocycles. The topological polar surface area (TPSA) is 58.6 Å². The van der Waals surface area contributed by atoms with Gasteiger partial charge in [0.15, 0.2) is 0 Å². The van der Waals surface area contributed by atoms with Crippen molar-refractivity contribution in [2.45, 2.75) is 58.1 Å². The Kier molecular flexibility index (Phi) is 5.40. The maximum absolute atomic E-state index is 11.7. The fourth-order valence-corrected chi connectivity index (χ4v) is 2.21. The van der Waals surface area contributed by atoms with Crippen molar-refractivity contribution in [2.75, 3.05) is 13.2 Å². The van der Waals surface area contributed by atoms with E-state index in [1.165, 1.54) is 0 Å². The molecule has 4 nitrogen and oxygen atoms in total. The molecule has 0 aliphatic heterocycles. The van der Waals surface area contributed by atoms with Crippen molar-refractivity contribution in [2.24, 2.45) is 5.92 Å². The van der Waals surface area contributed by atoms with E-state index in [1.54, 1.807) is 0 Å². The lowest BCUT2D eigenvalue weighted by Gasteiger charge is -2.38. The normalized spacial score (nSPS) is 29.4. The van der Waals surface area contributed by atoms with Crippen LogP contribution in [0.4, 0.5) is 0 Å². The first-order valence-electron chi connectivity index (χ1n) is 6.51. The van der Waals surface area contributed by atoms with Gasteiger partial charge in [-0.2, -0.15) is 0 Å². The van der Waals surface area contributed by atoms with E-state index >= 15 is 0 Å². The van der Waals surface area contributed by atoms with Gasteiger partial charge in [0.05, 0.1) is 18.2 Å². The minimum Gasteiger partial charge on any atom is -0.394 e. The first-order chi connectivity index (χ1) is 7.97. The summed E-state index contributed by atoms with van der Waals surface area (Å²) in [7, 11) is 0. The van der Waals surface area contributed by atoms with Gasteiger partial charge >= 0.3 is 0 Å². The standard InChI is InChI=1S/C13H25NO3/c1-10(2)17-8-12(16)14-13(9-15)6-4-11(3)5-7-13/h10-11,15H,4-9H2,1-3H3,(H,14,16). The van der Waals surface area contributed by atoms with Gasteiger partial charge in [0.2, 0.25) is 5.91 Å². The van der Waals surface area contributed by atoms with Gasteiger partial charge in [-0.05, 0) is 45.4 Å². The summed E-state index contributed by atoms with van der Waals surface area (Å²) in [5.74, 6) is 0.570. The van der Waals surface area contributed by atoms with E-state index in [9.17, 15) is 9.90 Å². The SMILES string of the molecule is CC1CCC(CO)(NC(=O)COC(C)C)CC1. The van der Waals surface area contributed by atoms with Gasteiger partial charge in [0, 0.05) is 0 Å². The third-order valence-electron chi connectivity index (χ3n) is 3.49. The molecule has 0 spiro atoms. The maximum atomic E-state index is 11.7. The predicted octanol–water partition coefficient (Wildman–Crippen LogP) is 1.47. The Morgan fingerprint density at radius 1 is 1.47 bits per heavy atom. The van der Waals surface area contributed by atoms with E-state index in [0.717, 1.165) is 25.7 Å². The number of carbonyl (C=O) groups excluding carboxylic acids is 1. The van der Waals surface area contributed by atoms with Gasteiger partial charge in [0.1, 0.15) is 6.61 Å². The van der Waals surface area contributed by atoms with Crippen molar-refractivity contribution in [3.63, 3.8) is 0 Å². The van der Waals surface area contributed by atoms with E-state index in [-0.39, 0.29) is 25.2 Å². The van der Waals surface area contributed by atoms with Crippen molar-refractivity contribution in [3.05, 3.63) is 0 Å². The Hall–Kier alpha value is -0.610. The monoisotopic (exact) mass is 243 g/mol. The van der Waals surface area contributed by atoms with E-state index in [1.807, 2.05) is 13.8 Å². The van der Waals surface area contributed by atoms with Crippen LogP contribution in [0.5, 0.6) is 0 Å². The summed E-state index contributed by atoms with van der Waals surface area (Å²) in [5, 5.41) is 12.4. The average Bonchev–Trinajstić information content (AvgIpc) is 2.30. The smallest absolute Gasteiger partial charge is 0.246 e. The number of carbonyl (C=O) groups is 1. The van der Waals surface area contributed by atoms with Crippen molar-refractivity contribution in [1.29, 1.82) is 0 Å². The molecule has 100 valence electrons. The van der Waals surface area contributed by atoms with Crippen LogP contribution in [0.3, 0.4) is 0 Å².